The maximum atomic E-state index is 11.4. The van der Waals surface area contributed by atoms with Crippen molar-refractivity contribution < 1.29 is 27.7 Å². The Labute approximate surface area is 61.3 Å². The van der Waals surface area contributed by atoms with Gasteiger partial charge in [-0.15, -0.1) is 18.0 Å². The van der Waals surface area contributed by atoms with Gasteiger partial charge in [-0.25, -0.2) is 0 Å². The molecule has 0 aliphatic heterocycles. The van der Waals surface area contributed by atoms with Gasteiger partial charge in [0.25, 0.3) is 0 Å². The Hall–Kier alpha value is -0.370. The fraction of sp³-hybridized carbons (Fsp3) is 1.00. The minimum atomic E-state index is -4.80. The van der Waals surface area contributed by atoms with Crippen molar-refractivity contribution in [2.24, 2.45) is 0 Å². The van der Waals surface area contributed by atoms with E-state index >= 15 is 0 Å². The van der Waals surface area contributed by atoms with Crippen LogP contribution in [0.1, 0.15) is 6.92 Å². The van der Waals surface area contributed by atoms with Crippen molar-refractivity contribution in [3.63, 3.8) is 0 Å². The van der Waals surface area contributed by atoms with E-state index in [4.69, 9.17) is 0 Å². The number of nitrogens with zero attached hydrogens (tertiary/aromatic N) is 1. The Morgan fingerprint density at radius 1 is 1.36 bits per heavy atom. The molecule has 0 amide bonds. The van der Waals surface area contributed by atoms with Crippen molar-refractivity contribution >= 4 is 0 Å². The van der Waals surface area contributed by atoms with E-state index in [1.165, 1.54) is 6.92 Å². The van der Waals surface area contributed by atoms with Crippen LogP contribution in [0.4, 0.5) is 13.2 Å². The van der Waals surface area contributed by atoms with E-state index in [0.29, 0.717) is 0 Å². The van der Waals surface area contributed by atoms with Gasteiger partial charge in [-0.05, 0) is 6.92 Å². The minimum absolute atomic E-state index is 0.0178. The van der Waals surface area contributed by atoms with Gasteiger partial charge in [0.2, 0.25) is 0 Å². The largest absolute Gasteiger partial charge is 0.542 e. The molecule has 0 aromatic rings. The normalized spacial score (nSPS) is 12.5. The van der Waals surface area contributed by atoms with Gasteiger partial charge in [-0.3, -0.25) is 9.68 Å². The lowest BCUT2D eigenvalue weighted by atomic mass is 10.9. The van der Waals surface area contributed by atoms with Crippen LogP contribution in [0.25, 0.3) is 0 Å². The SMILES string of the molecule is CCON(OC)OC(F)(F)F. The molecule has 0 aromatic heterocycles. The van der Waals surface area contributed by atoms with Crippen molar-refractivity contribution in [1.82, 2.24) is 5.39 Å². The van der Waals surface area contributed by atoms with Gasteiger partial charge in [-0.2, -0.15) is 0 Å². The molecule has 0 N–H and O–H groups in total. The van der Waals surface area contributed by atoms with Gasteiger partial charge >= 0.3 is 6.36 Å². The summed E-state index contributed by atoms with van der Waals surface area (Å²) in [5.41, 5.74) is 0. The lowest BCUT2D eigenvalue weighted by molar-refractivity contribution is -0.591. The summed E-state index contributed by atoms with van der Waals surface area (Å²) in [6.07, 6.45) is -4.80. The highest BCUT2D eigenvalue weighted by Crippen LogP contribution is 2.18. The van der Waals surface area contributed by atoms with E-state index in [0.717, 1.165) is 7.11 Å². The van der Waals surface area contributed by atoms with Crippen molar-refractivity contribution in [3.8, 4) is 0 Å². The minimum Gasteiger partial charge on any atom is -0.254 e. The molecule has 11 heavy (non-hydrogen) atoms. The second-order valence-corrected chi connectivity index (χ2v) is 1.36. The van der Waals surface area contributed by atoms with Crippen molar-refractivity contribution in [2.75, 3.05) is 13.7 Å². The molecular formula is C4H8F3NO3. The number of rotatable bonds is 4. The van der Waals surface area contributed by atoms with Gasteiger partial charge in [0.1, 0.15) is 0 Å². The molecule has 0 aliphatic carbocycles. The van der Waals surface area contributed by atoms with Crippen molar-refractivity contribution in [2.45, 2.75) is 13.3 Å². The van der Waals surface area contributed by atoms with Crippen LogP contribution in [0.3, 0.4) is 0 Å². The van der Waals surface area contributed by atoms with Gasteiger partial charge < -0.3 is 0 Å². The van der Waals surface area contributed by atoms with Gasteiger partial charge in [0.05, 0.1) is 19.1 Å². The second kappa shape index (κ2) is 4.50. The molecule has 0 atom stereocenters. The molecule has 0 spiro atoms. The van der Waals surface area contributed by atoms with Crippen molar-refractivity contribution in [3.05, 3.63) is 0 Å². The van der Waals surface area contributed by atoms with Crippen LogP contribution in [0, 0.1) is 0 Å². The van der Waals surface area contributed by atoms with Gasteiger partial charge in [0.15, 0.2) is 0 Å². The first kappa shape index (κ1) is 10.6. The number of alkyl halides is 3. The molecule has 68 valence electrons. The molecule has 0 fully saturated rings. The second-order valence-electron chi connectivity index (χ2n) is 1.36. The maximum absolute atomic E-state index is 11.4. The molecule has 0 heterocycles. The first-order valence-corrected chi connectivity index (χ1v) is 2.72. The highest BCUT2D eigenvalue weighted by atomic mass is 19.4. The predicted molar refractivity (Wildman–Crippen MR) is 27.6 cm³/mol. The Morgan fingerprint density at radius 3 is 2.18 bits per heavy atom. The number of hydrogen-bond acceptors (Lipinski definition) is 4. The summed E-state index contributed by atoms with van der Waals surface area (Å²) in [4.78, 5) is 11.5. The molecule has 4 nitrogen and oxygen atoms in total. The molecule has 0 aromatic carbocycles. The lowest BCUT2D eigenvalue weighted by Crippen LogP contribution is -2.30. The smallest absolute Gasteiger partial charge is 0.254 e. The average Bonchev–Trinajstić information content (AvgIpc) is 1.84. The first-order valence-electron chi connectivity index (χ1n) is 2.72. The van der Waals surface area contributed by atoms with Crippen LogP contribution in [0.2, 0.25) is 0 Å². The third kappa shape index (κ3) is 6.05. The number of halogens is 3. The fourth-order valence-corrected chi connectivity index (χ4v) is 0.306. The lowest BCUT2D eigenvalue weighted by Gasteiger charge is -2.17. The quantitative estimate of drug-likeness (QED) is 0.601. The summed E-state index contributed by atoms with van der Waals surface area (Å²) < 4.78 is 34.2. The predicted octanol–water partition coefficient (Wildman–Crippen LogP) is 1.25. The monoisotopic (exact) mass is 175 g/mol. The zero-order valence-electron chi connectivity index (χ0n) is 6.01. The third-order valence-electron chi connectivity index (χ3n) is 0.562. The first-order chi connectivity index (χ1) is 4.99. The molecule has 0 rings (SSSR count). The molecule has 7 heteroatoms. The van der Waals surface area contributed by atoms with E-state index in [2.05, 4.69) is 14.5 Å². The van der Waals surface area contributed by atoms with E-state index in [9.17, 15) is 13.2 Å². The van der Waals surface area contributed by atoms with Gasteiger partial charge in [-0.1, -0.05) is 0 Å². The van der Waals surface area contributed by atoms with Crippen LogP contribution in [0.15, 0.2) is 0 Å². The summed E-state index contributed by atoms with van der Waals surface area (Å²) in [6, 6.07) is 0. The summed E-state index contributed by atoms with van der Waals surface area (Å²) >= 11 is 0. The molecule has 0 radical (unpaired) electrons. The molecule has 0 bridgehead atoms. The molecule has 0 aliphatic rings. The van der Waals surface area contributed by atoms with E-state index < -0.39 is 6.36 Å². The van der Waals surface area contributed by atoms with E-state index in [-0.39, 0.29) is 12.0 Å². The van der Waals surface area contributed by atoms with Crippen LogP contribution in [-0.2, 0) is 14.5 Å². The van der Waals surface area contributed by atoms with Crippen LogP contribution >= 0.6 is 0 Å². The summed E-state index contributed by atoms with van der Waals surface area (Å²) in [6.45, 7) is 1.51. The maximum Gasteiger partial charge on any atom is 0.542 e. The van der Waals surface area contributed by atoms with Crippen molar-refractivity contribution in [1.29, 1.82) is 0 Å². The summed E-state index contributed by atoms with van der Waals surface area (Å²) in [7, 11) is 0.988. The Kier molecular flexibility index (Phi) is 4.34. The van der Waals surface area contributed by atoms with Crippen LogP contribution in [0.5, 0.6) is 0 Å². The zero-order chi connectivity index (χ0) is 8.91. The Bertz CT molecular complexity index is 107. The molecule has 0 unspecified atom stereocenters. The average molecular weight is 175 g/mol. The van der Waals surface area contributed by atoms with Crippen LogP contribution in [-0.4, -0.2) is 25.5 Å². The van der Waals surface area contributed by atoms with Gasteiger partial charge in [0, 0.05) is 0 Å². The number of hydrogen-bond donors (Lipinski definition) is 0. The highest BCUT2D eigenvalue weighted by molar-refractivity contribution is 4.15. The standard InChI is InChI=1S/C4H8F3NO3/c1-3-10-8(9-2)11-4(5,6)7/h3H2,1-2H3. The van der Waals surface area contributed by atoms with Crippen LogP contribution < -0.4 is 0 Å². The third-order valence-corrected chi connectivity index (χ3v) is 0.562. The molecule has 0 saturated heterocycles. The highest BCUT2D eigenvalue weighted by Gasteiger charge is 2.34. The Balaban J connectivity index is 3.68. The van der Waals surface area contributed by atoms with E-state index in [1.807, 2.05) is 0 Å². The topological polar surface area (TPSA) is 30.9 Å². The zero-order valence-corrected chi connectivity index (χ0v) is 6.01. The molecular weight excluding hydrogens is 167 g/mol. The van der Waals surface area contributed by atoms with E-state index in [1.54, 1.807) is 0 Å². The summed E-state index contributed by atoms with van der Waals surface area (Å²) in [5.74, 6) is 0. The summed E-state index contributed by atoms with van der Waals surface area (Å²) in [5, 5.41) is -0.111. The fourth-order valence-electron chi connectivity index (χ4n) is 0.306. The molecule has 0 saturated carbocycles. The Morgan fingerprint density at radius 2 is 1.91 bits per heavy atom.